The standard InChI is InChI=1S/C11H22N2O/c1-3-4-5-8-12-11(14)9(2)13-10-6-7-10/h9-10,13H,3-8H2,1-2H3,(H,12,14). The molecule has 0 heterocycles. The van der Waals surface area contributed by atoms with Crippen molar-refractivity contribution in [3.63, 3.8) is 0 Å². The minimum absolute atomic E-state index is 0.0240. The molecule has 1 fully saturated rings. The Morgan fingerprint density at radius 2 is 2.14 bits per heavy atom. The molecule has 0 spiro atoms. The number of carbonyl (C=O) groups is 1. The highest BCUT2D eigenvalue weighted by atomic mass is 16.2. The van der Waals surface area contributed by atoms with E-state index in [0.717, 1.165) is 13.0 Å². The van der Waals surface area contributed by atoms with Crippen LogP contribution in [0, 0.1) is 0 Å². The predicted octanol–water partition coefficient (Wildman–Crippen LogP) is 1.43. The zero-order chi connectivity index (χ0) is 10.4. The lowest BCUT2D eigenvalue weighted by atomic mass is 10.2. The number of rotatable bonds is 7. The van der Waals surface area contributed by atoms with Crippen molar-refractivity contribution >= 4 is 5.91 Å². The molecule has 1 unspecified atom stereocenters. The van der Waals surface area contributed by atoms with Gasteiger partial charge < -0.3 is 10.6 Å². The van der Waals surface area contributed by atoms with Crippen molar-refractivity contribution in [1.82, 2.24) is 10.6 Å². The van der Waals surface area contributed by atoms with E-state index in [2.05, 4.69) is 17.6 Å². The summed E-state index contributed by atoms with van der Waals surface area (Å²) in [5.41, 5.74) is 0. The van der Waals surface area contributed by atoms with Gasteiger partial charge in [0, 0.05) is 12.6 Å². The summed E-state index contributed by atoms with van der Waals surface area (Å²) in [4.78, 5) is 11.5. The third-order valence-corrected chi connectivity index (χ3v) is 2.54. The number of unbranched alkanes of at least 4 members (excludes halogenated alkanes) is 2. The number of amides is 1. The summed E-state index contributed by atoms with van der Waals surface area (Å²) < 4.78 is 0. The smallest absolute Gasteiger partial charge is 0.236 e. The van der Waals surface area contributed by atoms with Crippen LogP contribution in [0.25, 0.3) is 0 Å². The normalized spacial score (nSPS) is 17.9. The molecule has 0 aromatic rings. The molecule has 1 atom stereocenters. The Kier molecular flexibility index (Phi) is 4.94. The first-order valence-corrected chi connectivity index (χ1v) is 5.77. The molecule has 0 saturated heterocycles. The lowest BCUT2D eigenvalue weighted by Crippen LogP contribution is -2.43. The predicted molar refractivity (Wildman–Crippen MR) is 58.2 cm³/mol. The zero-order valence-electron chi connectivity index (χ0n) is 9.31. The molecular weight excluding hydrogens is 176 g/mol. The van der Waals surface area contributed by atoms with Gasteiger partial charge in [0.25, 0.3) is 0 Å². The second-order valence-corrected chi connectivity index (χ2v) is 4.16. The Bertz CT molecular complexity index is 178. The monoisotopic (exact) mass is 198 g/mol. The average Bonchev–Trinajstić information content (AvgIpc) is 2.96. The van der Waals surface area contributed by atoms with Crippen molar-refractivity contribution in [1.29, 1.82) is 0 Å². The van der Waals surface area contributed by atoms with E-state index in [0.29, 0.717) is 6.04 Å². The molecule has 2 N–H and O–H groups in total. The summed E-state index contributed by atoms with van der Waals surface area (Å²) in [6, 6.07) is 0.579. The van der Waals surface area contributed by atoms with Gasteiger partial charge in [0.2, 0.25) is 5.91 Å². The van der Waals surface area contributed by atoms with Crippen LogP contribution in [0.5, 0.6) is 0 Å². The molecule has 0 aliphatic heterocycles. The van der Waals surface area contributed by atoms with Crippen LogP contribution in [0.4, 0.5) is 0 Å². The maximum Gasteiger partial charge on any atom is 0.236 e. The van der Waals surface area contributed by atoms with E-state index < -0.39 is 0 Å². The highest BCUT2D eigenvalue weighted by Gasteiger charge is 2.25. The average molecular weight is 198 g/mol. The van der Waals surface area contributed by atoms with Crippen LogP contribution in [0.3, 0.4) is 0 Å². The first-order chi connectivity index (χ1) is 6.74. The van der Waals surface area contributed by atoms with E-state index in [1.54, 1.807) is 0 Å². The Hall–Kier alpha value is -0.570. The van der Waals surface area contributed by atoms with Gasteiger partial charge in [-0.25, -0.2) is 0 Å². The van der Waals surface area contributed by atoms with Crippen LogP contribution in [0.15, 0.2) is 0 Å². The molecule has 1 amide bonds. The highest BCUT2D eigenvalue weighted by molar-refractivity contribution is 5.81. The quantitative estimate of drug-likeness (QED) is 0.608. The van der Waals surface area contributed by atoms with E-state index in [4.69, 9.17) is 0 Å². The molecule has 1 rings (SSSR count). The maximum absolute atomic E-state index is 11.5. The molecule has 1 aliphatic rings. The van der Waals surface area contributed by atoms with E-state index in [1.807, 2.05) is 6.92 Å². The van der Waals surface area contributed by atoms with Crippen LogP contribution >= 0.6 is 0 Å². The minimum Gasteiger partial charge on any atom is -0.355 e. The molecule has 3 heteroatoms. The molecule has 14 heavy (non-hydrogen) atoms. The fourth-order valence-electron chi connectivity index (χ4n) is 1.42. The highest BCUT2D eigenvalue weighted by Crippen LogP contribution is 2.19. The lowest BCUT2D eigenvalue weighted by Gasteiger charge is -2.13. The van der Waals surface area contributed by atoms with Gasteiger partial charge in [0.15, 0.2) is 0 Å². The summed E-state index contributed by atoms with van der Waals surface area (Å²) >= 11 is 0. The topological polar surface area (TPSA) is 41.1 Å². The molecule has 82 valence electrons. The van der Waals surface area contributed by atoms with Crippen molar-refractivity contribution < 1.29 is 4.79 Å². The molecule has 0 aromatic carbocycles. The number of hydrogen-bond donors (Lipinski definition) is 2. The van der Waals surface area contributed by atoms with Gasteiger partial charge in [0.05, 0.1) is 6.04 Å². The third kappa shape index (κ3) is 4.61. The molecular formula is C11H22N2O. The van der Waals surface area contributed by atoms with Gasteiger partial charge in [-0.2, -0.15) is 0 Å². The fraction of sp³-hybridized carbons (Fsp3) is 0.909. The first-order valence-electron chi connectivity index (χ1n) is 5.77. The Morgan fingerprint density at radius 1 is 1.43 bits per heavy atom. The maximum atomic E-state index is 11.5. The van der Waals surface area contributed by atoms with E-state index in [9.17, 15) is 4.79 Å². The molecule has 0 bridgehead atoms. The van der Waals surface area contributed by atoms with Crippen LogP contribution in [0.1, 0.15) is 46.0 Å². The van der Waals surface area contributed by atoms with Crippen molar-refractivity contribution in [2.24, 2.45) is 0 Å². The van der Waals surface area contributed by atoms with Gasteiger partial charge in [-0.15, -0.1) is 0 Å². The van der Waals surface area contributed by atoms with Crippen LogP contribution in [0.2, 0.25) is 0 Å². The van der Waals surface area contributed by atoms with Gasteiger partial charge in [0.1, 0.15) is 0 Å². The third-order valence-electron chi connectivity index (χ3n) is 2.54. The van der Waals surface area contributed by atoms with Gasteiger partial charge >= 0.3 is 0 Å². The first kappa shape index (κ1) is 11.5. The molecule has 1 aliphatic carbocycles. The van der Waals surface area contributed by atoms with Crippen molar-refractivity contribution in [3.8, 4) is 0 Å². The summed E-state index contributed by atoms with van der Waals surface area (Å²) in [6.45, 7) is 4.93. The zero-order valence-corrected chi connectivity index (χ0v) is 9.31. The summed E-state index contributed by atoms with van der Waals surface area (Å²) in [7, 11) is 0. The summed E-state index contributed by atoms with van der Waals surface area (Å²) in [5, 5.41) is 6.23. The minimum atomic E-state index is -0.0240. The van der Waals surface area contributed by atoms with Crippen LogP contribution in [-0.4, -0.2) is 24.5 Å². The van der Waals surface area contributed by atoms with Crippen LogP contribution in [-0.2, 0) is 4.79 Å². The van der Waals surface area contributed by atoms with Crippen molar-refractivity contribution in [3.05, 3.63) is 0 Å². The van der Waals surface area contributed by atoms with E-state index >= 15 is 0 Å². The Balaban J connectivity index is 2.00. The second-order valence-electron chi connectivity index (χ2n) is 4.16. The largest absolute Gasteiger partial charge is 0.355 e. The molecule has 3 nitrogen and oxygen atoms in total. The fourth-order valence-corrected chi connectivity index (χ4v) is 1.42. The Labute approximate surface area is 86.6 Å². The number of nitrogens with one attached hydrogen (secondary N) is 2. The molecule has 0 radical (unpaired) electrons. The second kappa shape index (κ2) is 6.02. The van der Waals surface area contributed by atoms with E-state index in [-0.39, 0.29) is 11.9 Å². The number of hydrogen-bond acceptors (Lipinski definition) is 2. The SMILES string of the molecule is CCCCCNC(=O)C(C)NC1CC1. The summed E-state index contributed by atoms with van der Waals surface area (Å²) in [6.07, 6.45) is 5.95. The molecule has 0 aromatic heterocycles. The van der Waals surface area contributed by atoms with Gasteiger partial charge in [-0.05, 0) is 26.2 Å². The molecule has 1 saturated carbocycles. The Morgan fingerprint density at radius 3 is 2.71 bits per heavy atom. The summed E-state index contributed by atoms with van der Waals surface area (Å²) in [5.74, 6) is 0.146. The van der Waals surface area contributed by atoms with Crippen molar-refractivity contribution in [2.45, 2.75) is 58.0 Å². The van der Waals surface area contributed by atoms with Gasteiger partial charge in [-0.3, -0.25) is 4.79 Å². The van der Waals surface area contributed by atoms with Crippen molar-refractivity contribution in [2.75, 3.05) is 6.54 Å². The number of carbonyl (C=O) groups excluding carboxylic acids is 1. The van der Waals surface area contributed by atoms with Crippen LogP contribution < -0.4 is 10.6 Å². The lowest BCUT2D eigenvalue weighted by molar-refractivity contribution is -0.122. The van der Waals surface area contributed by atoms with E-state index in [1.165, 1.54) is 25.7 Å². The van der Waals surface area contributed by atoms with Gasteiger partial charge in [-0.1, -0.05) is 19.8 Å².